The molecule has 1 aliphatic rings. The minimum Gasteiger partial charge on any atom is -0.479 e. The van der Waals surface area contributed by atoms with Crippen molar-refractivity contribution in [3.8, 4) is 0 Å². The van der Waals surface area contributed by atoms with Gasteiger partial charge >= 0.3 is 5.97 Å². The molecule has 0 unspecified atom stereocenters. The fourth-order valence-corrected chi connectivity index (χ4v) is 1.78. The highest BCUT2D eigenvalue weighted by Crippen LogP contribution is 2.34. The third-order valence-electron chi connectivity index (χ3n) is 2.95. The first kappa shape index (κ1) is 14.4. The van der Waals surface area contributed by atoms with Gasteiger partial charge in [0, 0.05) is 0 Å². The van der Waals surface area contributed by atoms with E-state index >= 15 is 0 Å². The average Bonchev–Trinajstić information content (AvgIpc) is 2.19. The van der Waals surface area contributed by atoms with Gasteiger partial charge in [0.1, 0.15) is 0 Å². The Morgan fingerprint density at radius 1 is 1.47 bits per heavy atom. The standard InChI is InChI=1S/C12H21FO4/c1-7(10(14)15)16-11-8(13)5-6-9(17-11)12(2,3)4/h7-9,11H,5-6H2,1-4H3,(H,14,15)/t7-,8-,9-,11-/m0/s1. The highest BCUT2D eigenvalue weighted by Gasteiger charge is 2.38. The normalized spacial score (nSPS) is 32.2. The zero-order valence-electron chi connectivity index (χ0n) is 10.8. The molecule has 17 heavy (non-hydrogen) atoms. The third-order valence-corrected chi connectivity index (χ3v) is 2.95. The lowest BCUT2D eigenvalue weighted by Crippen LogP contribution is -2.45. The van der Waals surface area contributed by atoms with Gasteiger partial charge in [0.25, 0.3) is 0 Å². The second kappa shape index (κ2) is 5.31. The fraction of sp³-hybridized carbons (Fsp3) is 0.917. The summed E-state index contributed by atoms with van der Waals surface area (Å²) < 4.78 is 24.2. The molecule has 1 fully saturated rings. The van der Waals surface area contributed by atoms with Crippen molar-refractivity contribution >= 4 is 5.97 Å². The Kier molecular flexibility index (Phi) is 4.49. The van der Waals surface area contributed by atoms with Crippen LogP contribution in [0.2, 0.25) is 0 Å². The molecule has 0 aromatic heterocycles. The second-order valence-corrected chi connectivity index (χ2v) is 5.57. The zero-order chi connectivity index (χ0) is 13.2. The molecule has 0 spiro atoms. The molecule has 1 heterocycles. The highest BCUT2D eigenvalue weighted by atomic mass is 19.1. The highest BCUT2D eigenvalue weighted by molar-refractivity contribution is 5.71. The predicted molar refractivity (Wildman–Crippen MR) is 60.4 cm³/mol. The number of alkyl halides is 1. The van der Waals surface area contributed by atoms with Gasteiger partial charge in [0.2, 0.25) is 0 Å². The molecular formula is C12H21FO4. The van der Waals surface area contributed by atoms with Crippen LogP contribution in [0, 0.1) is 5.41 Å². The number of rotatable bonds is 3. The number of carboxylic acids is 1. The zero-order valence-corrected chi connectivity index (χ0v) is 10.8. The maximum absolute atomic E-state index is 13.6. The Morgan fingerprint density at radius 2 is 2.06 bits per heavy atom. The SMILES string of the molecule is C[C@H](O[C@H]1O[C@H](C(C)(C)C)CC[C@@H]1F)C(=O)O. The first-order valence-electron chi connectivity index (χ1n) is 5.89. The summed E-state index contributed by atoms with van der Waals surface area (Å²) in [6, 6.07) is 0. The van der Waals surface area contributed by atoms with E-state index < -0.39 is 24.5 Å². The van der Waals surface area contributed by atoms with Crippen molar-refractivity contribution in [3.05, 3.63) is 0 Å². The number of aliphatic carboxylic acids is 1. The van der Waals surface area contributed by atoms with Crippen molar-refractivity contribution < 1.29 is 23.8 Å². The molecule has 1 saturated heterocycles. The molecule has 0 bridgehead atoms. The Hall–Kier alpha value is -0.680. The Balaban J connectivity index is 2.61. The average molecular weight is 248 g/mol. The summed E-state index contributed by atoms with van der Waals surface area (Å²) in [5, 5.41) is 8.72. The van der Waals surface area contributed by atoms with Gasteiger partial charge in [0.15, 0.2) is 18.6 Å². The quantitative estimate of drug-likeness (QED) is 0.833. The molecule has 0 radical (unpaired) electrons. The van der Waals surface area contributed by atoms with Crippen LogP contribution >= 0.6 is 0 Å². The number of halogens is 1. The molecule has 0 saturated carbocycles. The van der Waals surface area contributed by atoms with Gasteiger partial charge in [-0.2, -0.15) is 0 Å². The van der Waals surface area contributed by atoms with Crippen LogP contribution in [-0.2, 0) is 14.3 Å². The van der Waals surface area contributed by atoms with Gasteiger partial charge in [-0.25, -0.2) is 9.18 Å². The minimum absolute atomic E-state index is 0.103. The first-order chi connectivity index (χ1) is 7.71. The first-order valence-corrected chi connectivity index (χ1v) is 5.89. The summed E-state index contributed by atoms with van der Waals surface area (Å²) >= 11 is 0. The summed E-state index contributed by atoms with van der Waals surface area (Å²) in [4.78, 5) is 10.7. The van der Waals surface area contributed by atoms with Crippen molar-refractivity contribution in [1.29, 1.82) is 0 Å². The van der Waals surface area contributed by atoms with Crippen LogP contribution < -0.4 is 0 Å². The summed E-state index contributed by atoms with van der Waals surface area (Å²) in [5.41, 5.74) is -0.103. The fourth-order valence-electron chi connectivity index (χ4n) is 1.78. The van der Waals surface area contributed by atoms with Gasteiger partial charge < -0.3 is 14.6 Å². The Morgan fingerprint density at radius 3 is 2.53 bits per heavy atom. The van der Waals surface area contributed by atoms with E-state index in [0.29, 0.717) is 12.8 Å². The van der Waals surface area contributed by atoms with E-state index in [1.807, 2.05) is 20.8 Å². The minimum atomic E-state index is -1.25. The molecule has 0 aromatic rings. The molecule has 0 aliphatic carbocycles. The van der Waals surface area contributed by atoms with Crippen LogP contribution in [0.4, 0.5) is 4.39 Å². The van der Waals surface area contributed by atoms with Crippen LogP contribution in [0.25, 0.3) is 0 Å². The van der Waals surface area contributed by atoms with Crippen molar-refractivity contribution in [2.24, 2.45) is 5.41 Å². The molecule has 4 atom stereocenters. The van der Waals surface area contributed by atoms with E-state index in [2.05, 4.69) is 0 Å². The van der Waals surface area contributed by atoms with E-state index in [0.717, 1.165) is 0 Å². The van der Waals surface area contributed by atoms with Gasteiger partial charge in [-0.3, -0.25) is 0 Å². The summed E-state index contributed by atoms with van der Waals surface area (Å²) in [5.74, 6) is -1.11. The Labute approximate surface area is 101 Å². The van der Waals surface area contributed by atoms with E-state index in [-0.39, 0.29) is 11.5 Å². The number of hydrogen-bond donors (Lipinski definition) is 1. The lowest BCUT2D eigenvalue weighted by atomic mass is 9.84. The van der Waals surface area contributed by atoms with E-state index in [1.54, 1.807) is 0 Å². The molecule has 100 valence electrons. The lowest BCUT2D eigenvalue weighted by Gasteiger charge is -2.39. The van der Waals surface area contributed by atoms with Crippen molar-refractivity contribution in [2.45, 2.75) is 65.2 Å². The monoisotopic (exact) mass is 248 g/mol. The number of carboxylic acid groups (broad SMARTS) is 1. The van der Waals surface area contributed by atoms with E-state index in [1.165, 1.54) is 6.92 Å². The molecule has 1 N–H and O–H groups in total. The molecule has 0 amide bonds. The van der Waals surface area contributed by atoms with E-state index in [9.17, 15) is 9.18 Å². The van der Waals surface area contributed by atoms with Gasteiger partial charge in [-0.1, -0.05) is 20.8 Å². The topological polar surface area (TPSA) is 55.8 Å². The number of ether oxygens (including phenoxy) is 2. The molecule has 1 aliphatic heterocycles. The van der Waals surface area contributed by atoms with Crippen LogP contribution in [0.1, 0.15) is 40.5 Å². The molecule has 5 heteroatoms. The van der Waals surface area contributed by atoms with Crippen LogP contribution in [-0.4, -0.2) is 35.7 Å². The molecule has 1 rings (SSSR count). The molecule has 0 aromatic carbocycles. The van der Waals surface area contributed by atoms with Crippen molar-refractivity contribution in [2.75, 3.05) is 0 Å². The largest absolute Gasteiger partial charge is 0.479 e. The lowest BCUT2D eigenvalue weighted by molar-refractivity contribution is -0.256. The summed E-state index contributed by atoms with van der Waals surface area (Å²) in [6.07, 6.45) is -2.52. The summed E-state index contributed by atoms with van der Waals surface area (Å²) in [6.45, 7) is 7.40. The number of carbonyl (C=O) groups is 1. The second-order valence-electron chi connectivity index (χ2n) is 5.57. The smallest absolute Gasteiger partial charge is 0.332 e. The summed E-state index contributed by atoms with van der Waals surface area (Å²) in [7, 11) is 0. The predicted octanol–water partition coefficient (Wildman–Crippen LogP) is 2.37. The van der Waals surface area contributed by atoms with E-state index in [4.69, 9.17) is 14.6 Å². The molecular weight excluding hydrogens is 227 g/mol. The molecule has 4 nitrogen and oxygen atoms in total. The van der Waals surface area contributed by atoms with Gasteiger partial charge in [0.05, 0.1) is 6.10 Å². The van der Waals surface area contributed by atoms with Crippen LogP contribution in [0.15, 0.2) is 0 Å². The van der Waals surface area contributed by atoms with Crippen LogP contribution in [0.5, 0.6) is 0 Å². The van der Waals surface area contributed by atoms with Gasteiger partial charge in [-0.15, -0.1) is 0 Å². The maximum atomic E-state index is 13.6. The van der Waals surface area contributed by atoms with Crippen LogP contribution in [0.3, 0.4) is 0 Å². The Bertz CT molecular complexity index is 274. The van der Waals surface area contributed by atoms with Crippen molar-refractivity contribution in [1.82, 2.24) is 0 Å². The third kappa shape index (κ3) is 3.92. The number of hydrogen-bond acceptors (Lipinski definition) is 3. The van der Waals surface area contributed by atoms with Crippen molar-refractivity contribution in [3.63, 3.8) is 0 Å². The van der Waals surface area contributed by atoms with Gasteiger partial charge in [-0.05, 0) is 25.2 Å². The maximum Gasteiger partial charge on any atom is 0.332 e.